The zero-order valence-corrected chi connectivity index (χ0v) is 30.8. The van der Waals surface area contributed by atoms with Gasteiger partial charge in [0.05, 0.1) is 41.7 Å². The summed E-state index contributed by atoms with van der Waals surface area (Å²) < 4.78 is 16.6. The van der Waals surface area contributed by atoms with Gasteiger partial charge in [-0.15, -0.1) is 0 Å². The topological polar surface area (TPSA) is 105 Å². The Hall–Kier alpha value is -3.51. The van der Waals surface area contributed by atoms with E-state index in [0.717, 1.165) is 19.0 Å². The van der Waals surface area contributed by atoms with Gasteiger partial charge in [-0.05, 0) is 42.9 Å². The largest absolute Gasteiger partial charge is 0.508 e. The van der Waals surface area contributed by atoms with Crippen molar-refractivity contribution in [3.05, 3.63) is 98.6 Å². The molecule has 8 nitrogen and oxygen atoms in total. The van der Waals surface area contributed by atoms with Crippen LogP contribution in [0.2, 0.25) is 0 Å². The molecule has 0 N–H and O–H groups in total. The number of carbonyl (C=O) groups excluding carboxylic acids is 2. The van der Waals surface area contributed by atoms with Crippen LogP contribution in [-0.4, -0.2) is 61.5 Å². The Balaban J connectivity index is 1.30. The van der Waals surface area contributed by atoms with Crippen LogP contribution in [0.4, 0.5) is 10.5 Å². The number of nitro benzene ring substituents is 1. The maximum absolute atomic E-state index is 13.0. The number of carbonyl (C=O) groups is 2. The molecule has 266 valence electrons. The number of nitrogens with zero attached hydrogens (tertiary/aromatic N) is 1. The van der Waals surface area contributed by atoms with Gasteiger partial charge in [0, 0.05) is 43.1 Å². The molecule has 2 aliphatic rings. The molecule has 0 fully saturated rings. The van der Waals surface area contributed by atoms with Gasteiger partial charge in [0.1, 0.15) is 13.2 Å². The maximum Gasteiger partial charge on any atom is 0.508 e. The van der Waals surface area contributed by atoms with E-state index in [9.17, 15) is 19.7 Å². The van der Waals surface area contributed by atoms with Crippen molar-refractivity contribution in [3.8, 4) is 0 Å². The van der Waals surface area contributed by atoms with Crippen LogP contribution < -0.4 is 0 Å². The molecule has 0 radical (unpaired) electrons. The lowest BCUT2D eigenvalue weighted by molar-refractivity contribution is -0.385. The van der Waals surface area contributed by atoms with E-state index in [4.69, 9.17) is 14.2 Å². The molecule has 2 aliphatic carbocycles. The molecule has 3 atom stereocenters. The number of ether oxygens (including phenoxy) is 3. The first-order chi connectivity index (χ1) is 23.7. The van der Waals surface area contributed by atoms with Crippen LogP contribution in [0.25, 0.3) is 0 Å². The van der Waals surface area contributed by atoms with E-state index >= 15 is 0 Å². The highest BCUT2D eigenvalue weighted by atomic mass is 31.2. The Morgan fingerprint density at radius 3 is 2.20 bits per heavy atom. The zero-order valence-electron chi connectivity index (χ0n) is 29.9. The highest BCUT2D eigenvalue weighted by Crippen LogP contribution is 2.61. The smallest absolute Gasteiger partial charge is 0.462 e. The van der Waals surface area contributed by atoms with Crippen molar-refractivity contribution in [2.45, 2.75) is 96.8 Å². The van der Waals surface area contributed by atoms with Crippen molar-refractivity contribution in [3.63, 3.8) is 0 Å². The van der Waals surface area contributed by atoms with Crippen molar-refractivity contribution >= 4 is 25.1 Å². The first-order valence-electron chi connectivity index (χ1n) is 18.3. The summed E-state index contributed by atoms with van der Waals surface area (Å²) in [7, 11) is -1.09. The Bertz CT molecular complexity index is 1460. The Morgan fingerprint density at radius 2 is 1.55 bits per heavy atom. The van der Waals surface area contributed by atoms with Gasteiger partial charge in [-0.2, -0.15) is 0 Å². The summed E-state index contributed by atoms with van der Waals surface area (Å²) in [5, 5.41) is 12.0. The first kappa shape index (κ1) is 38.3. The van der Waals surface area contributed by atoms with Crippen molar-refractivity contribution < 1.29 is 28.7 Å². The fourth-order valence-electron chi connectivity index (χ4n) is 7.34. The number of rotatable bonds is 20. The number of unbranched alkanes of at least 4 members (excludes halogenated alkanes) is 3. The summed E-state index contributed by atoms with van der Waals surface area (Å²) in [6.07, 6.45) is 19.7. The van der Waals surface area contributed by atoms with Gasteiger partial charge in [0.15, 0.2) is 0 Å². The molecule has 4 rings (SSSR count). The predicted molar refractivity (Wildman–Crippen MR) is 199 cm³/mol. The summed E-state index contributed by atoms with van der Waals surface area (Å²) >= 11 is 0. The average molecular weight is 693 g/mol. The van der Waals surface area contributed by atoms with Crippen molar-refractivity contribution in [2.75, 3.05) is 44.5 Å². The Morgan fingerprint density at radius 1 is 0.898 bits per heavy atom. The standard InChI is InChI=1S/C40H55NO7P/c1-5-8-23-49(24-9-6-2,25-10-7-3)26-15-22-46-39(42)31-20-21-32(38(27-31)41(44)45)30(4)28-47-40(43)48-29-37-35-18-13-11-16-33(35)34-17-12-14-19-36(34)37/h11-14,16,18-21,27,30,34,37H,5-10,15,17,22-26,28-29H2,1-4H3/q+1. The number of hydrogen-bond acceptors (Lipinski definition) is 7. The average Bonchev–Trinajstić information content (AvgIpc) is 3.44. The minimum Gasteiger partial charge on any atom is -0.462 e. The summed E-state index contributed by atoms with van der Waals surface area (Å²) in [5.41, 5.74) is 3.99. The fourth-order valence-corrected chi connectivity index (χ4v) is 12.4. The summed E-state index contributed by atoms with van der Waals surface area (Å²) in [4.78, 5) is 37.2. The number of allylic oxidation sites excluding steroid dienone is 3. The number of fused-ring (bicyclic) bond motifs is 3. The number of nitro groups is 1. The lowest BCUT2D eigenvalue weighted by Crippen LogP contribution is -2.17. The van der Waals surface area contributed by atoms with Gasteiger partial charge in [0.2, 0.25) is 0 Å². The van der Waals surface area contributed by atoms with Crippen LogP contribution in [0.1, 0.15) is 124 Å². The molecule has 0 aliphatic heterocycles. The lowest BCUT2D eigenvalue weighted by Gasteiger charge is -2.28. The predicted octanol–water partition coefficient (Wildman–Crippen LogP) is 10.6. The normalized spacial score (nSPS) is 17.1. The van der Waals surface area contributed by atoms with Crippen LogP contribution in [0, 0.1) is 10.1 Å². The van der Waals surface area contributed by atoms with Crippen LogP contribution in [0.3, 0.4) is 0 Å². The molecule has 0 spiro atoms. The van der Waals surface area contributed by atoms with Gasteiger partial charge >= 0.3 is 12.1 Å². The molecule has 9 heteroatoms. The highest BCUT2D eigenvalue weighted by Gasteiger charge is 2.37. The molecule has 0 aromatic heterocycles. The van der Waals surface area contributed by atoms with Crippen LogP contribution in [-0.2, 0) is 14.2 Å². The minimum absolute atomic E-state index is 0.0307. The van der Waals surface area contributed by atoms with Gasteiger partial charge in [-0.25, -0.2) is 9.59 Å². The minimum atomic E-state index is -1.09. The van der Waals surface area contributed by atoms with E-state index in [2.05, 4.69) is 45.1 Å². The maximum atomic E-state index is 13.0. The molecule has 2 aromatic rings. The second-order valence-electron chi connectivity index (χ2n) is 13.7. The van der Waals surface area contributed by atoms with E-state index in [0.29, 0.717) is 18.1 Å². The number of hydrogen-bond donors (Lipinski definition) is 0. The van der Waals surface area contributed by atoms with E-state index in [1.54, 1.807) is 19.1 Å². The van der Waals surface area contributed by atoms with Crippen molar-refractivity contribution in [1.82, 2.24) is 0 Å². The van der Waals surface area contributed by atoms with E-state index in [1.807, 2.05) is 18.2 Å². The molecule has 0 heterocycles. The zero-order chi connectivity index (χ0) is 35.2. The van der Waals surface area contributed by atoms with Gasteiger partial charge in [-0.1, -0.05) is 101 Å². The molecule has 0 amide bonds. The molecule has 0 saturated heterocycles. The third-order valence-corrected chi connectivity index (χ3v) is 15.2. The molecular weight excluding hydrogens is 637 g/mol. The quantitative estimate of drug-likeness (QED) is 0.0447. The molecule has 0 bridgehead atoms. The summed E-state index contributed by atoms with van der Waals surface area (Å²) in [5.74, 6) is -0.778. The molecular formula is C40H55NO7P+. The molecule has 3 unspecified atom stereocenters. The second kappa shape index (κ2) is 19.0. The third kappa shape index (κ3) is 10.3. The van der Waals surface area contributed by atoms with E-state index in [1.165, 1.54) is 79.8 Å². The van der Waals surface area contributed by atoms with Crippen LogP contribution in [0.15, 0.2) is 66.3 Å². The first-order valence-corrected chi connectivity index (χ1v) is 20.8. The highest BCUT2D eigenvalue weighted by molar-refractivity contribution is 7.75. The van der Waals surface area contributed by atoms with Crippen molar-refractivity contribution in [2.24, 2.45) is 0 Å². The fraction of sp³-hybridized carbons (Fsp3) is 0.550. The van der Waals surface area contributed by atoms with Gasteiger partial charge in [-0.3, -0.25) is 10.1 Å². The van der Waals surface area contributed by atoms with Crippen LogP contribution >= 0.6 is 7.26 Å². The monoisotopic (exact) mass is 692 g/mol. The lowest BCUT2D eigenvalue weighted by atomic mass is 9.88. The van der Waals surface area contributed by atoms with E-state index in [-0.39, 0.29) is 30.4 Å². The molecule has 0 saturated carbocycles. The third-order valence-electron chi connectivity index (χ3n) is 10.1. The van der Waals surface area contributed by atoms with Gasteiger partial charge < -0.3 is 14.2 Å². The van der Waals surface area contributed by atoms with Crippen LogP contribution in [0.5, 0.6) is 0 Å². The molecule has 49 heavy (non-hydrogen) atoms. The summed E-state index contributed by atoms with van der Waals surface area (Å²) in [6.45, 7) is 8.87. The SMILES string of the molecule is CCCC[P+](CCCC)(CCCC)CCCOC(=O)c1ccc(C(C)COC(=O)OCC2C3=CC=CCC3c3ccccc32)c([N+](=O)[O-])c1. The summed E-state index contributed by atoms with van der Waals surface area (Å²) in [6, 6.07) is 12.6. The number of benzene rings is 2. The number of esters is 1. The Kier molecular flexibility index (Phi) is 14.9. The van der Waals surface area contributed by atoms with Crippen molar-refractivity contribution in [1.29, 1.82) is 0 Å². The second-order valence-corrected chi connectivity index (χ2v) is 18.1. The van der Waals surface area contributed by atoms with Gasteiger partial charge in [0.25, 0.3) is 5.69 Å². The molecule has 2 aromatic carbocycles. The Labute approximate surface area is 293 Å². The van der Waals surface area contributed by atoms with E-state index < -0.39 is 30.2 Å².